The molecule has 1 saturated carbocycles. The zero-order valence-electron chi connectivity index (χ0n) is 15.3. The van der Waals surface area contributed by atoms with Crippen LogP contribution in [0.1, 0.15) is 36.9 Å². The maximum atomic E-state index is 12.9. The van der Waals surface area contributed by atoms with Gasteiger partial charge in [0.25, 0.3) is 5.91 Å². The lowest BCUT2D eigenvalue weighted by molar-refractivity contribution is -0.133. The van der Waals surface area contributed by atoms with Crippen LogP contribution in [0.3, 0.4) is 0 Å². The molecule has 2 aliphatic heterocycles. The van der Waals surface area contributed by atoms with Crippen molar-refractivity contribution in [1.82, 2.24) is 20.5 Å². The summed E-state index contributed by atoms with van der Waals surface area (Å²) in [4.78, 5) is 42.1. The highest BCUT2D eigenvalue weighted by atomic mass is 35.5. The Morgan fingerprint density at radius 3 is 2.82 bits per heavy atom. The Morgan fingerprint density at radius 2 is 2.11 bits per heavy atom. The van der Waals surface area contributed by atoms with E-state index in [1.165, 1.54) is 5.56 Å². The van der Waals surface area contributed by atoms with E-state index in [0.717, 1.165) is 35.9 Å². The summed E-state index contributed by atoms with van der Waals surface area (Å²) in [5, 5.41) is 6.94. The zero-order valence-corrected chi connectivity index (χ0v) is 16.1. The Bertz CT molecular complexity index is 1010. The van der Waals surface area contributed by atoms with E-state index in [1.54, 1.807) is 0 Å². The number of hydrogen-bond donors (Lipinski definition) is 3. The second kappa shape index (κ2) is 6.24. The molecule has 1 aromatic carbocycles. The van der Waals surface area contributed by atoms with Gasteiger partial charge in [0, 0.05) is 34.6 Å². The van der Waals surface area contributed by atoms with Gasteiger partial charge in [-0.05, 0) is 55.4 Å². The molecule has 3 aliphatic rings. The lowest BCUT2D eigenvalue weighted by atomic mass is 9.87. The second-order valence-electron chi connectivity index (χ2n) is 7.99. The number of amides is 4. The minimum atomic E-state index is -0.911. The quantitative estimate of drug-likeness (QED) is 0.688. The number of nitrogens with zero attached hydrogens (tertiary/aromatic N) is 1. The van der Waals surface area contributed by atoms with Crippen molar-refractivity contribution in [2.24, 2.45) is 5.92 Å². The van der Waals surface area contributed by atoms with E-state index in [9.17, 15) is 14.4 Å². The molecular formula is C20H21ClN4O3. The number of H-pyrrole nitrogens is 1. The van der Waals surface area contributed by atoms with Gasteiger partial charge in [-0.2, -0.15) is 0 Å². The maximum absolute atomic E-state index is 12.9. The van der Waals surface area contributed by atoms with Gasteiger partial charge in [-0.15, -0.1) is 0 Å². The molecular weight excluding hydrogens is 380 g/mol. The molecule has 1 atom stereocenters. The Kier molecular flexibility index (Phi) is 3.91. The Morgan fingerprint density at radius 1 is 1.29 bits per heavy atom. The van der Waals surface area contributed by atoms with E-state index in [-0.39, 0.29) is 24.2 Å². The van der Waals surface area contributed by atoms with Crippen LogP contribution in [0.15, 0.2) is 18.2 Å². The van der Waals surface area contributed by atoms with Crippen molar-refractivity contribution in [2.45, 2.75) is 44.2 Å². The topological polar surface area (TPSA) is 94.3 Å². The van der Waals surface area contributed by atoms with Gasteiger partial charge in [-0.3, -0.25) is 14.9 Å². The van der Waals surface area contributed by atoms with Crippen molar-refractivity contribution >= 4 is 40.3 Å². The van der Waals surface area contributed by atoms with Crippen molar-refractivity contribution in [3.63, 3.8) is 0 Å². The highest BCUT2D eigenvalue weighted by molar-refractivity contribution is 6.31. The summed E-state index contributed by atoms with van der Waals surface area (Å²) in [6.45, 7) is 1.16. The normalized spacial score (nSPS) is 24.2. The summed E-state index contributed by atoms with van der Waals surface area (Å²) in [7, 11) is 0. The molecule has 0 radical (unpaired) electrons. The Balaban J connectivity index is 1.30. The number of hydrogen-bond acceptors (Lipinski definition) is 3. The van der Waals surface area contributed by atoms with Crippen LogP contribution in [-0.2, 0) is 22.6 Å². The van der Waals surface area contributed by atoms with Gasteiger partial charge in [0.05, 0.1) is 6.54 Å². The molecule has 1 aliphatic carbocycles. The van der Waals surface area contributed by atoms with Crippen molar-refractivity contribution in [3.05, 3.63) is 34.5 Å². The predicted octanol–water partition coefficient (Wildman–Crippen LogP) is 2.47. The third-order valence-electron chi connectivity index (χ3n) is 6.27. The minimum absolute atomic E-state index is 0.0105. The highest BCUT2D eigenvalue weighted by Crippen LogP contribution is 2.44. The summed E-state index contributed by atoms with van der Waals surface area (Å²) >= 11 is 6.13. The van der Waals surface area contributed by atoms with Gasteiger partial charge >= 0.3 is 6.03 Å². The molecule has 0 bridgehead atoms. The number of aromatic amines is 1. The number of benzene rings is 1. The van der Waals surface area contributed by atoms with E-state index in [4.69, 9.17) is 11.6 Å². The van der Waals surface area contributed by atoms with Crippen molar-refractivity contribution in [2.75, 3.05) is 6.54 Å². The SMILES string of the molecule is O=C1NC(=O)C(CCC(=O)N2CCc3c([nH]c4ccc(Cl)cc34)C2)(C2CC2)N1. The number of urea groups is 1. The number of imide groups is 1. The second-order valence-corrected chi connectivity index (χ2v) is 8.43. The van der Waals surface area contributed by atoms with Gasteiger partial charge in [-0.25, -0.2) is 4.79 Å². The van der Waals surface area contributed by atoms with Crippen LogP contribution in [0.25, 0.3) is 10.9 Å². The molecule has 7 nitrogen and oxygen atoms in total. The first-order valence-corrected chi connectivity index (χ1v) is 10.0. The molecule has 1 aromatic heterocycles. The molecule has 2 aromatic rings. The van der Waals surface area contributed by atoms with E-state index in [1.807, 2.05) is 23.1 Å². The maximum Gasteiger partial charge on any atom is 0.322 e. The fourth-order valence-electron chi connectivity index (χ4n) is 4.64. The summed E-state index contributed by atoms with van der Waals surface area (Å²) in [6.07, 6.45) is 3.18. The van der Waals surface area contributed by atoms with Gasteiger partial charge in [0.1, 0.15) is 5.54 Å². The molecule has 1 saturated heterocycles. The smallest absolute Gasteiger partial charge is 0.322 e. The number of aromatic nitrogens is 1. The van der Waals surface area contributed by atoms with Gasteiger partial charge in [0.15, 0.2) is 0 Å². The average molecular weight is 401 g/mol. The van der Waals surface area contributed by atoms with Crippen LogP contribution in [0.2, 0.25) is 5.02 Å². The summed E-state index contributed by atoms with van der Waals surface area (Å²) in [5.41, 5.74) is 2.38. The van der Waals surface area contributed by atoms with Crippen LogP contribution in [0.4, 0.5) is 4.79 Å². The van der Waals surface area contributed by atoms with Crippen LogP contribution in [-0.4, -0.2) is 39.8 Å². The first kappa shape index (κ1) is 17.6. The number of rotatable bonds is 4. The third-order valence-corrected chi connectivity index (χ3v) is 6.50. The molecule has 0 spiro atoms. The number of halogens is 1. The Labute approximate surface area is 166 Å². The van der Waals surface area contributed by atoms with Gasteiger partial charge < -0.3 is 15.2 Å². The molecule has 1 unspecified atom stereocenters. The van der Waals surface area contributed by atoms with Crippen LogP contribution >= 0.6 is 11.6 Å². The predicted molar refractivity (Wildman–Crippen MR) is 104 cm³/mol. The molecule has 146 valence electrons. The highest BCUT2D eigenvalue weighted by Gasteiger charge is 2.55. The summed E-state index contributed by atoms with van der Waals surface area (Å²) in [6, 6.07) is 5.32. The van der Waals surface area contributed by atoms with Crippen LogP contribution < -0.4 is 10.6 Å². The lowest BCUT2D eigenvalue weighted by Gasteiger charge is -2.30. The number of carbonyl (C=O) groups is 3. The number of fused-ring (bicyclic) bond motifs is 3. The minimum Gasteiger partial charge on any atom is -0.357 e. The van der Waals surface area contributed by atoms with Crippen LogP contribution in [0.5, 0.6) is 0 Å². The fraction of sp³-hybridized carbons (Fsp3) is 0.450. The molecule has 3 heterocycles. The molecule has 28 heavy (non-hydrogen) atoms. The van der Waals surface area contributed by atoms with Crippen LogP contribution in [0, 0.1) is 5.92 Å². The van der Waals surface area contributed by atoms with Gasteiger partial charge in [-0.1, -0.05) is 11.6 Å². The van der Waals surface area contributed by atoms with E-state index >= 15 is 0 Å². The average Bonchev–Trinajstić information content (AvgIpc) is 3.40. The number of carbonyl (C=O) groups excluding carboxylic acids is 3. The third kappa shape index (κ3) is 2.76. The standard InChI is InChI=1S/C20H21ClN4O3/c21-12-3-4-15-14(9-12)13-6-8-25(10-16(13)22-15)17(26)5-7-20(11-1-2-11)18(27)23-19(28)24-20/h3-4,9,11,22H,1-2,5-8,10H2,(H2,23,24,27,28). The van der Waals surface area contributed by atoms with Crippen molar-refractivity contribution in [3.8, 4) is 0 Å². The van der Waals surface area contributed by atoms with E-state index < -0.39 is 11.6 Å². The van der Waals surface area contributed by atoms with Crippen molar-refractivity contribution < 1.29 is 14.4 Å². The number of nitrogens with one attached hydrogen (secondary N) is 3. The van der Waals surface area contributed by atoms with E-state index in [0.29, 0.717) is 24.5 Å². The monoisotopic (exact) mass is 400 g/mol. The first-order chi connectivity index (χ1) is 13.5. The molecule has 8 heteroatoms. The molecule has 4 amide bonds. The largest absolute Gasteiger partial charge is 0.357 e. The molecule has 5 rings (SSSR count). The molecule has 2 fully saturated rings. The molecule has 3 N–H and O–H groups in total. The summed E-state index contributed by atoms with van der Waals surface area (Å²) < 4.78 is 0. The zero-order chi connectivity index (χ0) is 19.5. The fourth-order valence-corrected chi connectivity index (χ4v) is 4.81. The first-order valence-electron chi connectivity index (χ1n) is 9.66. The van der Waals surface area contributed by atoms with Gasteiger partial charge in [0.2, 0.25) is 5.91 Å². The lowest BCUT2D eigenvalue weighted by Crippen LogP contribution is -2.50. The van der Waals surface area contributed by atoms with Crippen molar-refractivity contribution in [1.29, 1.82) is 0 Å². The Hall–Kier alpha value is -2.54. The van der Waals surface area contributed by atoms with E-state index in [2.05, 4.69) is 15.6 Å². The summed E-state index contributed by atoms with van der Waals surface area (Å²) in [5.74, 6) is -0.143.